The van der Waals surface area contributed by atoms with Crippen molar-refractivity contribution in [3.8, 4) is 5.88 Å². The molecule has 1 aromatic carbocycles. The first-order valence-corrected chi connectivity index (χ1v) is 9.89. The number of amides is 1. The predicted molar refractivity (Wildman–Crippen MR) is 97.8 cm³/mol. The Morgan fingerprint density at radius 1 is 1.08 bits per heavy atom. The number of carbonyl (C=O) groups excluding carboxylic acids is 1. The number of nitrogens with zero attached hydrogens (tertiary/aromatic N) is 2. The van der Waals surface area contributed by atoms with E-state index in [1.165, 1.54) is 47.9 Å². The van der Waals surface area contributed by atoms with Gasteiger partial charge >= 0.3 is 0 Å². The lowest BCUT2D eigenvalue weighted by atomic mass is 9.98. The van der Waals surface area contributed by atoms with Gasteiger partial charge in [-0.15, -0.1) is 0 Å². The number of aryl methyl sites for hydroxylation is 2. The Kier molecular flexibility index (Phi) is 2.92. The van der Waals surface area contributed by atoms with Crippen LogP contribution in [0.3, 0.4) is 0 Å². The van der Waals surface area contributed by atoms with E-state index < -0.39 is 0 Å². The zero-order valence-corrected chi connectivity index (χ0v) is 14.9. The van der Waals surface area contributed by atoms with Crippen molar-refractivity contribution in [3.05, 3.63) is 40.1 Å². The van der Waals surface area contributed by atoms with Crippen molar-refractivity contribution in [2.45, 2.75) is 57.9 Å². The average Bonchev–Trinajstić information content (AvgIpc) is 3.06. The number of hydrogen-bond acceptors (Lipinski definition) is 3. The fourth-order valence-corrected chi connectivity index (χ4v) is 4.95. The normalized spacial score (nSPS) is 21.1. The van der Waals surface area contributed by atoms with E-state index in [2.05, 4.69) is 16.5 Å². The molecule has 0 radical (unpaired) electrons. The number of nitrogens with one attached hydrogen (secondary N) is 1. The van der Waals surface area contributed by atoms with Crippen LogP contribution in [0.5, 0.6) is 5.88 Å². The second kappa shape index (κ2) is 5.12. The molecule has 6 rings (SSSR count). The molecule has 26 heavy (non-hydrogen) atoms. The summed E-state index contributed by atoms with van der Waals surface area (Å²) in [5, 5.41) is 7.78. The maximum absolute atomic E-state index is 13.0. The third-order valence-corrected chi connectivity index (χ3v) is 6.66. The number of aromatic nitrogens is 2. The van der Waals surface area contributed by atoms with Crippen molar-refractivity contribution in [2.75, 3.05) is 11.9 Å². The van der Waals surface area contributed by atoms with E-state index >= 15 is 0 Å². The van der Waals surface area contributed by atoms with Crippen LogP contribution in [0.25, 0.3) is 0 Å². The summed E-state index contributed by atoms with van der Waals surface area (Å²) in [4.78, 5) is 13.0. The summed E-state index contributed by atoms with van der Waals surface area (Å²) in [6, 6.07) is 4.19. The summed E-state index contributed by atoms with van der Waals surface area (Å²) < 4.78 is 7.73. The van der Waals surface area contributed by atoms with Crippen molar-refractivity contribution >= 4 is 11.6 Å². The number of fused-ring (bicyclic) bond motifs is 3. The summed E-state index contributed by atoms with van der Waals surface area (Å²) >= 11 is 0. The van der Waals surface area contributed by atoms with E-state index in [0.29, 0.717) is 5.69 Å². The zero-order valence-electron chi connectivity index (χ0n) is 14.9. The lowest BCUT2D eigenvalue weighted by molar-refractivity contribution is 0.102. The molecular weight excluding hydrogens is 326 g/mol. The number of rotatable bonds is 2. The molecule has 1 spiro atoms. The molecule has 0 unspecified atom stereocenters. The standard InChI is InChI=1S/C21H23N3O2/c25-20(17-10-18-24(23-17)11-21(7-8-21)12-26-18)22-19-15-5-1-3-13(15)9-14-4-2-6-16(14)19/h9-10H,1-8,11-12H2,(H,22,25). The fourth-order valence-electron chi connectivity index (χ4n) is 4.95. The molecule has 1 aliphatic heterocycles. The molecule has 1 fully saturated rings. The Balaban J connectivity index is 1.33. The van der Waals surface area contributed by atoms with Crippen molar-refractivity contribution in [1.29, 1.82) is 0 Å². The highest BCUT2D eigenvalue weighted by atomic mass is 16.5. The smallest absolute Gasteiger partial charge is 0.276 e. The highest BCUT2D eigenvalue weighted by Crippen LogP contribution is 2.50. The Morgan fingerprint density at radius 3 is 2.50 bits per heavy atom. The van der Waals surface area contributed by atoms with Crippen LogP contribution in [0.4, 0.5) is 5.69 Å². The highest BCUT2D eigenvalue weighted by Gasteiger charge is 2.47. The van der Waals surface area contributed by atoms with E-state index in [9.17, 15) is 4.79 Å². The van der Waals surface area contributed by atoms with Crippen LogP contribution in [-0.4, -0.2) is 22.3 Å². The van der Waals surface area contributed by atoms with Gasteiger partial charge in [0.25, 0.3) is 5.91 Å². The van der Waals surface area contributed by atoms with E-state index in [-0.39, 0.29) is 11.3 Å². The molecule has 1 aromatic heterocycles. The number of carbonyl (C=O) groups is 1. The molecule has 134 valence electrons. The second-order valence-corrected chi connectivity index (χ2v) is 8.50. The van der Waals surface area contributed by atoms with Crippen molar-refractivity contribution < 1.29 is 9.53 Å². The first-order chi connectivity index (χ1) is 12.7. The Labute approximate surface area is 152 Å². The van der Waals surface area contributed by atoms with Gasteiger partial charge in [0.05, 0.1) is 13.2 Å². The van der Waals surface area contributed by atoms with E-state index in [0.717, 1.165) is 50.4 Å². The van der Waals surface area contributed by atoms with Gasteiger partial charge in [-0.1, -0.05) is 6.07 Å². The summed E-state index contributed by atoms with van der Waals surface area (Å²) in [5.41, 5.74) is 7.43. The van der Waals surface area contributed by atoms with Gasteiger partial charge in [-0.05, 0) is 73.6 Å². The lowest BCUT2D eigenvalue weighted by Gasteiger charge is -2.22. The zero-order chi connectivity index (χ0) is 17.3. The largest absolute Gasteiger partial charge is 0.477 e. The third kappa shape index (κ3) is 2.15. The van der Waals surface area contributed by atoms with Gasteiger partial charge in [-0.3, -0.25) is 4.79 Å². The maximum atomic E-state index is 13.0. The molecule has 0 bridgehead atoms. The van der Waals surface area contributed by atoms with Gasteiger partial charge in [0, 0.05) is 17.2 Å². The summed E-state index contributed by atoms with van der Waals surface area (Å²) in [6.45, 7) is 1.64. The summed E-state index contributed by atoms with van der Waals surface area (Å²) in [6.07, 6.45) is 9.21. The van der Waals surface area contributed by atoms with Crippen molar-refractivity contribution in [1.82, 2.24) is 9.78 Å². The molecule has 5 heteroatoms. The SMILES string of the molecule is O=C(Nc1c2c(cc3c1CCC3)CCC2)c1cc2n(n1)CC1(CC1)CO2. The second-order valence-electron chi connectivity index (χ2n) is 8.50. The number of ether oxygens (including phenoxy) is 1. The van der Waals surface area contributed by atoms with Crippen molar-refractivity contribution in [2.24, 2.45) is 5.41 Å². The van der Waals surface area contributed by atoms with E-state index in [1.807, 2.05) is 4.68 Å². The third-order valence-electron chi connectivity index (χ3n) is 6.66. The molecule has 2 heterocycles. The molecule has 4 aliphatic rings. The van der Waals surface area contributed by atoms with Gasteiger partial charge in [0.1, 0.15) is 0 Å². The lowest BCUT2D eigenvalue weighted by Crippen LogP contribution is -2.27. The number of hydrogen-bond donors (Lipinski definition) is 1. The van der Waals surface area contributed by atoms with Gasteiger partial charge in [0.15, 0.2) is 5.69 Å². The highest BCUT2D eigenvalue weighted by molar-refractivity contribution is 6.04. The average molecular weight is 349 g/mol. The Bertz CT molecular complexity index is 907. The monoisotopic (exact) mass is 349 g/mol. The van der Waals surface area contributed by atoms with Crippen LogP contribution in [-0.2, 0) is 32.2 Å². The van der Waals surface area contributed by atoms with E-state index in [4.69, 9.17) is 4.74 Å². The van der Waals surface area contributed by atoms with Gasteiger partial charge < -0.3 is 10.1 Å². The maximum Gasteiger partial charge on any atom is 0.276 e. The first kappa shape index (κ1) is 14.8. The molecule has 1 amide bonds. The minimum atomic E-state index is -0.102. The van der Waals surface area contributed by atoms with Crippen LogP contribution in [0.2, 0.25) is 0 Å². The Hall–Kier alpha value is -2.30. The van der Waals surface area contributed by atoms with E-state index in [1.54, 1.807) is 6.07 Å². The van der Waals surface area contributed by atoms with Gasteiger partial charge in [-0.25, -0.2) is 4.68 Å². The van der Waals surface area contributed by atoms with Crippen LogP contribution < -0.4 is 10.1 Å². The molecule has 0 atom stereocenters. The molecule has 2 aromatic rings. The predicted octanol–water partition coefficient (Wildman–Crippen LogP) is 3.29. The summed E-state index contributed by atoms with van der Waals surface area (Å²) in [5.74, 6) is 0.631. The van der Waals surface area contributed by atoms with Crippen LogP contribution in [0, 0.1) is 5.41 Å². The van der Waals surface area contributed by atoms with Gasteiger partial charge in [0.2, 0.25) is 5.88 Å². The topological polar surface area (TPSA) is 56.2 Å². The minimum Gasteiger partial charge on any atom is -0.477 e. The van der Waals surface area contributed by atoms with Gasteiger partial charge in [-0.2, -0.15) is 5.10 Å². The minimum absolute atomic E-state index is 0.102. The molecule has 1 N–H and O–H groups in total. The molecule has 5 nitrogen and oxygen atoms in total. The van der Waals surface area contributed by atoms with Crippen LogP contribution in [0.1, 0.15) is 58.4 Å². The number of anilines is 1. The molecule has 3 aliphatic carbocycles. The first-order valence-electron chi connectivity index (χ1n) is 9.89. The molecular formula is C21H23N3O2. The van der Waals surface area contributed by atoms with Crippen LogP contribution >= 0.6 is 0 Å². The van der Waals surface area contributed by atoms with Crippen molar-refractivity contribution in [3.63, 3.8) is 0 Å². The Morgan fingerprint density at radius 2 is 1.81 bits per heavy atom. The van der Waals surface area contributed by atoms with Crippen LogP contribution in [0.15, 0.2) is 12.1 Å². The quantitative estimate of drug-likeness (QED) is 0.905. The molecule has 1 saturated carbocycles. The number of benzene rings is 1. The summed E-state index contributed by atoms with van der Waals surface area (Å²) in [7, 11) is 0. The molecule has 0 saturated heterocycles. The fraction of sp³-hybridized carbons (Fsp3) is 0.524.